The van der Waals surface area contributed by atoms with E-state index < -0.39 is 5.41 Å². The molecule has 2 aliphatic rings. The van der Waals surface area contributed by atoms with E-state index in [4.69, 9.17) is 4.42 Å². The van der Waals surface area contributed by atoms with Crippen LogP contribution in [0.4, 0.5) is 0 Å². The Hall–Kier alpha value is -2.56. The van der Waals surface area contributed by atoms with Crippen molar-refractivity contribution in [1.29, 1.82) is 0 Å². The van der Waals surface area contributed by atoms with E-state index in [0.717, 1.165) is 6.42 Å². The maximum Gasteiger partial charge on any atom is 0.257 e. The Morgan fingerprint density at radius 1 is 1.16 bits per heavy atom. The maximum absolute atomic E-state index is 12.8. The number of amides is 2. The van der Waals surface area contributed by atoms with Gasteiger partial charge < -0.3 is 14.6 Å². The van der Waals surface area contributed by atoms with Gasteiger partial charge in [-0.1, -0.05) is 24.3 Å². The summed E-state index contributed by atoms with van der Waals surface area (Å²) in [5.41, 5.74) is 2.65. The molecule has 1 fully saturated rings. The molecule has 1 aromatic heterocycles. The van der Waals surface area contributed by atoms with Crippen molar-refractivity contribution in [2.75, 3.05) is 13.1 Å². The lowest BCUT2D eigenvalue weighted by Crippen LogP contribution is -2.50. The zero-order valence-corrected chi connectivity index (χ0v) is 14.4. The normalized spacial score (nSPS) is 19.2. The SMILES string of the molecule is Cc1occc1C(=O)N1CCC2(CC1)Cc1ccccc1CNC2=O. The standard InChI is InChI=1S/C20H22N2O3/c1-14-17(6-11-25-14)18(23)22-9-7-20(8-10-22)12-15-4-2-3-5-16(15)13-21-19(20)24/h2-6,11H,7-10,12-13H2,1H3,(H,21,24). The number of aryl methyl sites for hydroxylation is 1. The summed E-state index contributed by atoms with van der Waals surface area (Å²) in [7, 11) is 0. The van der Waals surface area contributed by atoms with Crippen LogP contribution < -0.4 is 5.32 Å². The van der Waals surface area contributed by atoms with Crippen LogP contribution in [-0.2, 0) is 17.8 Å². The molecule has 1 aromatic carbocycles. The number of likely N-dealkylation sites (tertiary alicyclic amines) is 1. The molecule has 2 aromatic rings. The third-order valence-electron chi connectivity index (χ3n) is 5.67. The zero-order valence-electron chi connectivity index (χ0n) is 14.4. The molecule has 1 spiro atoms. The van der Waals surface area contributed by atoms with Gasteiger partial charge in [-0.05, 0) is 43.4 Å². The summed E-state index contributed by atoms with van der Waals surface area (Å²) in [4.78, 5) is 27.3. The number of hydrogen-bond acceptors (Lipinski definition) is 3. The highest BCUT2D eigenvalue weighted by Gasteiger charge is 2.43. The van der Waals surface area contributed by atoms with E-state index in [-0.39, 0.29) is 11.8 Å². The predicted molar refractivity (Wildman–Crippen MR) is 93.0 cm³/mol. The van der Waals surface area contributed by atoms with Gasteiger partial charge in [-0.25, -0.2) is 0 Å². The lowest BCUT2D eigenvalue weighted by molar-refractivity contribution is -0.133. The molecule has 0 atom stereocenters. The summed E-state index contributed by atoms with van der Waals surface area (Å²) < 4.78 is 5.25. The third kappa shape index (κ3) is 2.73. The van der Waals surface area contributed by atoms with Gasteiger partial charge in [0.1, 0.15) is 5.76 Å². The van der Waals surface area contributed by atoms with Gasteiger partial charge in [-0.2, -0.15) is 0 Å². The number of carbonyl (C=O) groups is 2. The summed E-state index contributed by atoms with van der Waals surface area (Å²) in [6.45, 7) is 3.58. The van der Waals surface area contributed by atoms with Crippen molar-refractivity contribution in [3.05, 3.63) is 59.0 Å². The van der Waals surface area contributed by atoms with E-state index in [1.165, 1.54) is 11.1 Å². The summed E-state index contributed by atoms with van der Waals surface area (Å²) in [6.07, 6.45) is 3.68. The lowest BCUT2D eigenvalue weighted by atomic mass is 9.73. The van der Waals surface area contributed by atoms with Crippen LogP contribution in [0.5, 0.6) is 0 Å². The van der Waals surface area contributed by atoms with Crippen LogP contribution in [0.3, 0.4) is 0 Å². The minimum Gasteiger partial charge on any atom is -0.469 e. The number of rotatable bonds is 1. The van der Waals surface area contributed by atoms with Gasteiger partial charge in [0.15, 0.2) is 0 Å². The number of nitrogens with one attached hydrogen (secondary N) is 1. The smallest absolute Gasteiger partial charge is 0.257 e. The van der Waals surface area contributed by atoms with Crippen LogP contribution >= 0.6 is 0 Å². The van der Waals surface area contributed by atoms with Gasteiger partial charge in [0.25, 0.3) is 5.91 Å². The van der Waals surface area contributed by atoms with E-state index in [9.17, 15) is 9.59 Å². The first-order valence-corrected chi connectivity index (χ1v) is 8.77. The van der Waals surface area contributed by atoms with Crippen molar-refractivity contribution in [1.82, 2.24) is 10.2 Å². The fourth-order valence-corrected chi connectivity index (χ4v) is 4.03. The van der Waals surface area contributed by atoms with E-state index in [1.807, 2.05) is 17.0 Å². The first kappa shape index (κ1) is 15.9. The summed E-state index contributed by atoms with van der Waals surface area (Å²) >= 11 is 0. The number of piperidine rings is 1. The van der Waals surface area contributed by atoms with Crippen molar-refractivity contribution < 1.29 is 14.0 Å². The van der Waals surface area contributed by atoms with Crippen molar-refractivity contribution in [3.63, 3.8) is 0 Å². The summed E-state index contributed by atoms with van der Waals surface area (Å²) in [5.74, 6) is 0.761. The highest BCUT2D eigenvalue weighted by molar-refractivity contribution is 5.95. The molecule has 5 nitrogen and oxygen atoms in total. The molecule has 0 aliphatic carbocycles. The molecule has 0 bridgehead atoms. The average molecular weight is 338 g/mol. The Bertz CT molecular complexity index is 816. The van der Waals surface area contributed by atoms with Crippen LogP contribution in [0.1, 0.15) is 40.1 Å². The van der Waals surface area contributed by atoms with Crippen LogP contribution in [0.15, 0.2) is 41.0 Å². The Balaban J connectivity index is 1.53. The largest absolute Gasteiger partial charge is 0.469 e. The molecule has 2 amide bonds. The molecule has 5 heteroatoms. The number of nitrogens with zero attached hydrogens (tertiary/aromatic N) is 1. The van der Waals surface area contributed by atoms with Gasteiger partial charge in [0, 0.05) is 19.6 Å². The van der Waals surface area contributed by atoms with Crippen molar-refractivity contribution >= 4 is 11.8 Å². The second kappa shape index (κ2) is 6.06. The fraction of sp³-hybridized carbons (Fsp3) is 0.400. The van der Waals surface area contributed by atoms with E-state index in [0.29, 0.717) is 43.8 Å². The monoisotopic (exact) mass is 338 g/mol. The van der Waals surface area contributed by atoms with Crippen LogP contribution in [0.25, 0.3) is 0 Å². The number of benzene rings is 1. The highest BCUT2D eigenvalue weighted by atomic mass is 16.3. The Morgan fingerprint density at radius 2 is 1.88 bits per heavy atom. The molecule has 25 heavy (non-hydrogen) atoms. The Kier molecular flexibility index (Phi) is 3.86. The fourth-order valence-electron chi connectivity index (χ4n) is 4.03. The molecule has 0 radical (unpaired) electrons. The molecule has 0 saturated carbocycles. The van der Waals surface area contributed by atoms with Crippen molar-refractivity contribution in [2.45, 2.75) is 32.7 Å². The van der Waals surface area contributed by atoms with Gasteiger partial charge in [-0.15, -0.1) is 0 Å². The van der Waals surface area contributed by atoms with Crippen LogP contribution in [-0.4, -0.2) is 29.8 Å². The molecular weight excluding hydrogens is 316 g/mol. The quantitative estimate of drug-likeness (QED) is 0.869. The topological polar surface area (TPSA) is 62.6 Å². The van der Waals surface area contributed by atoms with Crippen molar-refractivity contribution in [3.8, 4) is 0 Å². The second-order valence-electron chi connectivity index (χ2n) is 7.09. The second-order valence-corrected chi connectivity index (χ2v) is 7.09. The van der Waals surface area contributed by atoms with E-state index in [1.54, 1.807) is 19.3 Å². The lowest BCUT2D eigenvalue weighted by Gasteiger charge is -2.40. The third-order valence-corrected chi connectivity index (χ3v) is 5.67. The Labute approximate surface area is 147 Å². The average Bonchev–Trinajstić information content (AvgIpc) is 3.01. The molecular formula is C20H22N2O3. The molecule has 1 saturated heterocycles. The predicted octanol–water partition coefficient (Wildman–Crippen LogP) is 2.68. The van der Waals surface area contributed by atoms with E-state index in [2.05, 4.69) is 17.4 Å². The van der Waals surface area contributed by atoms with Crippen molar-refractivity contribution in [2.24, 2.45) is 5.41 Å². The summed E-state index contributed by atoms with van der Waals surface area (Å²) in [6, 6.07) is 9.95. The van der Waals surface area contributed by atoms with E-state index >= 15 is 0 Å². The van der Waals surface area contributed by atoms with Gasteiger partial charge in [0.05, 0.1) is 17.2 Å². The first-order chi connectivity index (χ1) is 12.1. The highest BCUT2D eigenvalue weighted by Crippen LogP contribution is 2.38. The number of fused-ring (bicyclic) bond motifs is 1. The number of hydrogen-bond donors (Lipinski definition) is 1. The maximum atomic E-state index is 12.8. The zero-order chi connectivity index (χ0) is 17.4. The van der Waals surface area contributed by atoms with Gasteiger partial charge >= 0.3 is 0 Å². The van der Waals surface area contributed by atoms with Gasteiger partial charge in [0.2, 0.25) is 5.91 Å². The first-order valence-electron chi connectivity index (χ1n) is 8.77. The van der Waals surface area contributed by atoms with Crippen LogP contribution in [0.2, 0.25) is 0 Å². The molecule has 2 aliphatic heterocycles. The molecule has 0 unspecified atom stereocenters. The summed E-state index contributed by atoms with van der Waals surface area (Å²) in [5, 5.41) is 3.08. The van der Waals surface area contributed by atoms with Gasteiger partial charge in [-0.3, -0.25) is 9.59 Å². The number of carbonyl (C=O) groups excluding carboxylic acids is 2. The molecule has 1 N–H and O–H groups in total. The Morgan fingerprint density at radius 3 is 2.56 bits per heavy atom. The molecule has 130 valence electrons. The molecule has 3 heterocycles. The minimum atomic E-state index is -0.408. The molecule has 4 rings (SSSR count). The van der Waals surface area contributed by atoms with Crippen LogP contribution in [0, 0.1) is 12.3 Å². The minimum absolute atomic E-state index is 0.00414. The number of furan rings is 1.